The minimum absolute atomic E-state index is 0.180. The highest BCUT2D eigenvalue weighted by atomic mass is 35.5. The van der Waals surface area contributed by atoms with Crippen LogP contribution in [0.2, 0.25) is 5.02 Å². The average molecular weight is 284 g/mol. The molecule has 0 amide bonds. The van der Waals surface area contributed by atoms with Gasteiger partial charge in [0.15, 0.2) is 0 Å². The molecule has 2 rings (SSSR count). The molecule has 1 saturated carbocycles. The van der Waals surface area contributed by atoms with Gasteiger partial charge in [0.1, 0.15) is 5.82 Å². The first-order valence-corrected chi connectivity index (χ1v) is 7.26. The van der Waals surface area contributed by atoms with Crippen LogP contribution in [-0.4, -0.2) is 6.04 Å². The molecule has 1 aliphatic carbocycles. The van der Waals surface area contributed by atoms with Crippen LogP contribution in [0.5, 0.6) is 0 Å². The summed E-state index contributed by atoms with van der Waals surface area (Å²) < 4.78 is 13.2. The summed E-state index contributed by atoms with van der Waals surface area (Å²) in [5.74, 6) is -0.364. The third kappa shape index (κ3) is 3.85. The topological polar surface area (TPSA) is 12.0 Å². The van der Waals surface area contributed by atoms with Crippen LogP contribution in [0.25, 0.3) is 0 Å². The van der Waals surface area contributed by atoms with Gasteiger partial charge in [-0.25, -0.2) is 4.39 Å². The second kappa shape index (κ2) is 4.97. The lowest BCUT2D eigenvalue weighted by atomic mass is 9.63. The Labute approximate surface area is 120 Å². The van der Waals surface area contributed by atoms with Gasteiger partial charge in [0.05, 0.1) is 5.02 Å². The van der Waals surface area contributed by atoms with Crippen LogP contribution >= 0.6 is 11.6 Å². The summed E-state index contributed by atoms with van der Waals surface area (Å²) in [6, 6.07) is 5.27. The normalized spacial score (nSPS) is 22.2. The van der Waals surface area contributed by atoms with Crippen molar-refractivity contribution in [1.82, 2.24) is 0 Å². The maximum Gasteiger partial charge on any atom is 0.141 e. The van der Waals surface area contributed by atoms with E-state index < -0.39 is 0 Å². The molecule has 1 aromatic rings. The molecule has 1 fully saturated rings. The summed E-state index contributed by atoms with van der Waals surface area (Å²) in [5, 5.41) is 3.69. The lowest BCUT2D eigenvalue weighted by Gasteiger charge is -2.45. The molecule has 0 atom stereocenters. The Morgan fingerprint density at radius 1 is 1.16 bits per heavy atom. The lowest BCUT2D eigenvalue weighted by Crippen LogP contribution is -2.40. The first-order chi connectivity index (χ1) is 8.67. The second-order valence-corrected chi connectivity index (χ2v) is 7.79. The molecule has 1 aliphatic rings. The van der Waals surface area contributed by atoms with Gasteiger partial charge in [0, 0.05) is 11.7 Å². The van der Waals surface area contributed by atoms with Crippen LogP contribution < -0.4 is 5.32 Å². The maximum atomic E-state index is 13.2. The summed E-state index contributed by atoms with van der Waals surface area (Å²) in [6.07, 6.45) is 3.50. The van der Waals surface area contributed by atoms with Gasteiger partial charge < -0.3 is 5.32 Å². The van der Waals surface area contributed by atoms with Crippen LogP contribution in [0.1, 0.15) is 47.0 Å². The first kappa shape index (κ1) is 14.6. The number of nitrogens with one attached hydrogen (secondary N) is 1. The van der Waals surface area contributed by atoms with E-state index in [9.17, 15) is 4.39 Å². The van der Waals surface area contributed by atoms with Crippen molar-refractivity contribution >= 4 is 17.3 Å². The number of halogens is 2. The summed E-state index contributed by atoms with van der Waals surface area (Å²) >= 11 is 5.83. The van der Waals surface area contributed by atoms with Gasteiger partial charge >= 0.3 is 0 Å². The summed E-state index contributed by atoms with van der Waals surface area (Å²) in [7, 11) is 0. The molecule has 0 aliphatic heterocycles. The van der Waals surface area contributed by atoms with Crippen molar-refractivity contribution in [3.63, 3.8) is 0 Å². The van der Waals surface area contributed by atoms with E-state index in [1.807, 2.05) is 0 Å². The van der Waals surface area contributed by atoms with Crippen molar-refractivity contribution < 1.29 is 4.39 Å². The minimum Gasteiger partial charge on any atom is -0.382 e. The van der Waals surface area contributed by atoms with Crippen LogP contribution in [0.3, 0.4) is 0 Å². The lowest BCUT2D eigenvalue weighted by molar-refractivity contribution is 0.105. The Morgan fingerprint density at radius 3 is 2.26 bits per heavy atom. The molecule has 3 heteroatoms. The highest BCUT2D eigenvalue weighted by Crippen LogP contribution is 2.46. The number of rotatable bonds is 2. The van der Waals surface area contributed by atoms with E-state index in [2.05, 4.69) is 33.0 Å². The zero-order valence-corrected chi connectivity index (χ0v) is 12.9. The number of hydrogen-bond acceptors (Lipinski definition) is 1. The maximum absolute atomic E-state index is 13.2. The molecule has 0 saturated heterocycles. The Balaban J connectivity index is 2.11. The average Bonchev–Trinajstić information content (AvgIpc) is 2.18. The quantitative estimate of drug-likeness (QED) is 0.756. The fourth-order valence-corrected chi connectivity index (χ4v) is 3.95. The third-order valence-electron chi connectivity index (χ3n) is 3.85. The van der Waals surface area contributed by atoms with Gasteiger partial charge in [-0.05, 0) is 48.3 Å². The number of hydrogen-bond donors (Lipinski definition) is 1. The number of anilines is 1. The monoisotopic (exact) mass is 283 g/mol. The van der Waals surface area contributed by atoms with Gasteiger partial charge in [-0.2, -0.15) is 0 Å². The zero-order chi connectivity index (χ0) is 14.3. The molecule has 19 heavy (non-hydrogen) atoms. The van der Waals surface area contributed by atoms with E-state index in [4.69, 9.17) is 11.6 Å². The van der Waals surface area contributed by atoms with Gasteiger partial charge in [-0.3, -0.25) is 0 Å². The molecule has 0 bridgehead atoms. The van der Waals surface area contributed by atoms with Crippen molar-refractivity contribution in [2.24, 2.45) is 10.8 Å². The predicted octanol–water partition coefficient (Wildman–Crippen LogP) is 5.50. The summed E-state index contributed by atoms with van der Waals surface area (Å²) in [6.45, 7) is 9.28. The molecule has 106 valence electrons. The highest BCUT2D eigenvalue weighted by Gasteiger charge is 2.38. The number of benzene rings is 1. The van der Waals surface area contributed by atoms with Gasteiger partial charge in [0.25, 0.3) is 0 Å². The molecule has 0 aromatic heterocycles. The zero-order valence-electron chi connectivity index (χ0n) is 12.2. The predicted molar refractivity (Wildman–Crippen MR) is 80.2 cm³/mol. The molecule has 0 radical (unpaired) electrons. The SMILES string of the molecule is CC1(C)CC(Nc2ccc(F)c(Cl)c2)CC(C)(C)C1. The van der Waals surface area contributed by atoms with E-state index in [-0.39, 0.29) is 10.8 Å². The van der Waals surface area contributed by atoms with Crippen molar-refractivity contribution in [2.45, 2.75) is 53.0 Å². The molecule has 0 heterocycles. The van der Waals surface area contributed by atoms with Crippen LogP contribution in [0, 0.1) is 16.6 Å². The standard InChI is InChI=1S/C16H23ClFN/c1-15(2)8-12(9-16(3,4)10-15)19-11-5-6-14(18)13(17)7-11/h5-7,12,19H,8-10H2,1-4H3. The van der Waals surface area contributed by atoms with Gasteiger partial charge in [0.2, 0.25) is 0 Å². The van der Waals surface area contributed by atoms with Crippen LogP contribution in [-0.2, 0) is 0 Å². The Morgan fingerprint density at radius 2 is 1.74 bits per heavy atom. The Hall–Kier alpha value is -0.760. The van der Waals surface area contributed by atoms with E-state index >= 15 is 0 Å². The van der Waals surface area contributed by atoms with Crippen LogP contribution in [0.15, 0.2) is 18.2 Å². The fourth-order valence-electron chi connectivity index (χ4n) is 3.77. The molecule has 0 spiro atoms. The molecular formula is C16H23ClFN. The van der Waals surface area contributed by atoms with Gasteiger partial charge in [-0.15, -0.1) is 0 Å². The molecule has 1 N–H and O–H groups in total. The van der Waals surface area contributed by atoms with Crippen molar-refractivity contribution in [1.29, 1.82) is 0 Å². The summed E-state index contributed by atoms with van der Waals surface area (Å²) in [4.78, 5) is 0. The van der Waals surface area contributed by atoms with Crippen molar-refractivity contribution in [2.75, 3.05) is 5.32 Å². The molecular weight excluding hydrogens is 261 g/mol. The molecule has 1 aromatic carbocycles. The minimum atomic E-state index is -0.364. The summed E-state index contributed by atoms with van der Waals surface area (Å²) in [5.41, 5.74) is 1.58. The highest BCUT2D eigenvalue weighted by molar-refractivity contribution is 6.31. The van der Waals surface area contributed by atoms with E-state index in [1.54, 1.807) is 12.1 Å². The van der Waals surface area contributed by atoms with Gasteiger partial charge in [-0.1, -0.05) is 39.3 Å². The van der Waals surface area contributed by atoms with E-state index in [1.165, 1.54) is 12.5 Å². The van der Waals surface area contributed by atoms with Crippen molar-refractivity contribution in [3.05, 3.63) is 29.0 Å². The van der Waals surface area contributed by atoms with E-state index in [0.717, 1.165) is 18.5 Å². The largest absolute Gasteiger partial charge is 0.382 e. The van der Waals surface area contributed by atoms with Crippen LogP contribution in [0.4, 0.5) is 10.1 Å². The fraction of sp³-hybridized carbons (Fsp3) is 0.625. The Bertz CT molecular complexity index is 452. The first-order valence-electron chi connectivity index (χ1n) is 6.89. The molecule has 1 nitrogen and oxygen atoms in total. The Kier molecular flexibility index (Phi) is 3.83. The van der Waals surface area contributed by atoms with E-state index in [0.29, 0.717) is 16.9 Å². The second-order valence-electron chi connectivity index (χ2n) is 7.38. The third-order valence-corrected chi connectivity index (χ3v) is 4.14. The molecule has 0 unspecified atom stereocenters. The smallest absolute Gasteiger partial charge is 0.141 e. The van der Waals surface area contributed by atoms with Crippen molar-refractivity contribution in [3.8, 4) is 0 Å².